The molecule has 0 N–H and O–H groups in total. The fourth-order valence-corrected chi connectivity index (χ4v) is 7.90. The van der Waals surface area contributed by atoms with Gasteiger partial charge in [0.2, 0.25) is 0 Å². The van der Waals surface area contributed by atoms with Crippen LogP contribution in [0.1, 0.15) is 219 Å². The van der Waals surface area contributed by atoms with E-state index in [0.29, 0.717) is 13.2 Å². The summed E-state index contributed by atoms with van der Waals surface area (Å²) in [4.78, 5) is 43.2. The van der Waals surface area contributed by atoms with Crippen LogP contribution in [0, 0.1) is 0 Å². The maximum Gasteiger partial charge on any atom is 2.00 e. The Labute approximate surface area is 434 Å². The van der Waals surface area contributed by atoms with Gasteiger partial charge in [-0.3, -0.25) is 9.59 Å². The molecule has 0 aliphatic rings. The first-order valence-electron chi connectivity index (χ1n) is 25.1. The largest absolute Gasteiger partial charge is 2.00 e. The van der Waals surface area contributed by atoms with Gasteiger partial charge in [0.25, 0.3) is 0 Å². The van der Waals surface area contributed by atoms with E-state index in [0.717, 1.165) is 141 Å². The molecule has 11 heteroatoms. The van der Waals surface area contributed by atoms with Crippen molar-refractivity contribution in [2.75, 3.05) is 0 Å². The van der Waals surface area contributed by atoms with Crippen LogP contribution < -0.4 is 10.2 Å². The topological polar surface area (TPSA) is 151 Å². The smallest absolute Gasteiger partial charge is 0.550 e. The SMILES string of the molecule is CCC(CCCCC(CCCCCCCCCC(=O)[O-])OCc1ccccc1)OC(C)=O.CCC(CCCCC(CCCCCCCCCC(=O)[O-])OCc1ccccc1)OC(C)=O.[Ba+2]. The van der Waals surface area contributed by atoms with Crippen molar-refractivity contribution >= 4 is 72.8 Å². The van der Waals surface area contributed by atoms with Crippen molar-refractivity contribution in [3.63, 3.8) is 0 Å². The van der Waals surface area contributed by atoms with Gasteiger partial charge in [0.1, 0.15) is 12.2 Å². The van der Waals surface area contributed by atoms with Gasteiger partial charge in [-0.2, -0.15) is 0 Å². The third-order valence-corrected chi connectivity index (χ3v) is 11.7. The molecule has 0 saturated carbocycles. The number of esters is 2. The Bertz CT molecular complexity index is 1320. The number of carbonyl (C=O) groups excluding carboxylic acids is 4. The molecule has 2 aromatic rings. The summed E-state index contributed by atoms with van der Waals surface area (Å²) in [6, 6.07) is 20.6. The quantitative estimate of drug-likeness (QED) is 0.0358. The van der Waals surface area contributed by atoms with E-state index >= 15 is 0 Å². The van der Waals surface area contributed by atoms with E-state index in [1.807, 2.05) is 36.4 Å². The Hall–Kier alpha value is -2.19. The zero-order valence-corrected chi connectivity index (χ0v) is 45.5. The van der Waals surface area contributed by atoms with E-state index in [1.54, 1.807) is 0 Å². The Balaban J connectivity index is 0.00000124. The third kappa shape index (κ3) is 40.6. The standard InChI is InChI=1S/2C27H44O5.Ba/c2*1-3-25(32-23(2)28)18-14-15-20-26(31-22-24-16-10-9-11-17-24)19-12-7-5-4-6-8-13-21-27(29)30;/h2*9-11,16-17,25-26H,3-8,12-15,18-22H2,1-2H3,(H,29,30);/q;;+2/p-2. The van der Waals surface area contributed by atoms with Gasteiger partial charge in [-0.15, -0.1) is 0 Å². The first-order chi connectivity index (χ1) is 31.0. The Morgan fingerprint density at radius 1 is 0.415 bits per heavy atom. The summed E-state index contributed by atoms with van der Waals surface area (Å²) >= 11 is 0. The van der Waals surface area contributed by atoms with E-state index < -0.39 is 11.9 Å². The minimum atomic E-state index is -0.942. The maximum atomic E-state index is 11.2. The zero-order chi connectivity index (χ0) is 46.9. The maximum absolute atomic E-state index is 11.2. The van der Waals surface area contributed by atoms with E-state index in [2.05, 4.69) is 38.1 Å². The first kappa shape index (κ1) is 62.8. The molecular weight excluding hydrogens is 946 g/mol. The molecule has 0 bridgehead atoms. The average Bonchev–Trinajstić information content (AvgIpc) is 3.27. The Morgan fingerprint density at radius 3 is 0.954 bits per heavy atom. The van der Waals surface area contributed by atoms with Crippen molar-refractivity contribution in [2.24, 2.45) is 0 Å². The summed E-state index contributed by atoms with van der Waals surface area (Å²) in [5.41, 5.74) is 2.41. The average molecular weight is 1030 g/mol. The van der Waals surface area contributed by atoms with Gasteiger partial charge < -0.3 is 38.7 Å². The summed E-state index contributed by atoms with van der Waals surface area (Å²) in [6.07, 6.45) is 28.0. The van der Waals surface area contributed by atoms with Crippen LogP contribution in [0.3, 0.4) is 0 Å². The number of unbranched alkanes of at least 4 members (excludes halogenated alkanes) is 14. The summed E-state index contributed by atoms with van der Waals surface area (Å²) < 4.78 is 23.2. The number of carboxylic acid groups (broad SMARTS) is 2. The van der Waals surface area contributed by atoms with Crippen molar-refractivity contribution in [1.29, 1.82) is 0 Å². The number of benzene rings is 2. The van der Waals surface area contributed by atoms with E-state index in [9.17, 15) is 29.4 Å². The fraction of sp³-hybridized carbons (Fsp3) is 0.704. The van der Waals surface area contributed by atoms with Gasteiger partial charge >= 0.3 is 60.8 Å². The molecule has 4 atom stereocenters. The van der Waals surface area contributed by atoms with Gasteiger partial charge in [0.15, 0.2) is 0 Å². The molecule has 0 amide bonds. The van der Waals surface area contributed by atoms with Crippen molar-refractivity contribution in [2.45, 2.75) is 245 Å². The molecule has 0 aliphatic heterocycles. The second kappa shape index (κ2) is 44.3. The molecule has 0 radical (unpaired) electrons. The van der Waals surface area contributed by atoms with Crippen LogP contribution in [-0.4, -0.2) is 97.2 Å². The Morgan fingerprint density at radius 2 is 0.677 bits per heavy atom. The third-order valence-electron chi connectivity index (χ3n) is 11.7. The summed E-state index contributed by atoms with van der Waals surface area (Å²) in [5, 5.41) is 20.8. The van der Waals surface area contributed by atoms with Crippen molar-refractivity contribution in [3.8, 4) is 0 Å². The number of aliphatic carboxylic acids is 2. The predicted molar refractivity (Wildman–Crippen MR) is 258 cm³/mol. The zero-order valence-electron chi connectivity index (χ0n) is 41.1. The molecular formula is C54H86BaO10. The van der Waals surface area contributed by atoms with Gasteiger partial charge in [0.05, 0.1) is 25.4 Å². The Kier molecular flexibility index (Phi) is 42.8. The minimum Gasteiger partial charge on any atom is -0.550 e. The van der Waals surface area contributed by atoms with Crippen LogP contribution in [0.25, 0.3) is 0 Å². The van der Waals surface area contributed by atoms with E-state index in [1.165, 1.54) is 50.7 Å². The number of carboxylic acids is 2. The van der Waals surface area contributed by atoms with Crippen LogP contribution in [0.4, 0.5) is 0 Å². The van der Waals surface area contributed by atoms with E-state index in [-0.39, 0.29) is 98.1 Å². The van der Waals surface area contributed by atoms with Crippen LogP contribution in [-0.2, 0) is 51.3 Å². The summed E-state index contributed by atoms with van der Waals surface area (Å²) in [7, 11) is 0. The molecule has 0 heterocycles. The molecule has 364 valence electrons. The number of rotatable bonds is 40. The molecule has 2 aromatic carbocycles. The monoisotopic (exact) mass is 1030 g/mol. The minimum absolute atomic E-state index is 0. The van der Waals surface area contributed by atoms with Crippen LogP contribution >= 0.6 is 0 Å². The first-order valence-corrected chi connectivity index (χ1v) is 25.1. The van der Waals surface area contributed by atoms with Crippen LogP contribution in [0.15, 0.2) is 60.7 Å². The molecule has 0 aliphatic carbocycles. The van der Waals surface area contributed by atoms with Crippen molar-refractivity contribution < 1.29 is 48.3 Å². The van der Waals surface area contributed by atoms with Crippen molar-refractivity contribution in [1.82, 2.24) is 0 Å². The number of carbonyl (C=O) groups is 4. The summed E-state index contributed by atoms with van der Waals surface area (Å²) in [5.74, 6) is -2.27. The second-order valence-electron chi connectivity index (χ2n) is 17.5. The molecule has 0 fully saturated rings. The van der Waals surface area contributed by atoms with Gasteiger partial charge in [0, 0.05) is 25.8 Å². The number of hydrogen-bond donors (Lipinski definition) is 0. The molecule has 0 aromatic heterocycles. The fourth-order valence-electron chi connectivity index (χ4n) is 7.90. The van der Waals surface area contributed by atoms with Crippen molar-refractivity contribution in [3.05, 3.63) is 71.8 Å². The second-order valence-corrected chi connectivity index (χ2v) is 17.5. The van der Waals surface area contributed by atoms with Crippen LogP contribution in [0.2, 0.25) is 0 Å². The number of hydrogen-bond acceptors (Lipinski definition) is 10. The van der Waals surface area contributed by atoms with E-state index in [4.69, 9.17) is 18.9 Å². The molecule has 0 spiro atoms. The van der Waals surface area contributed by atoms with Gasteiger partial charge in [-0.1, -0.05) is 164 Å². The summed E-state index contributed by atoms with van der Waals surface area (Å²) in [6.45, 7) is 8.36. The van der Waals surface area contributed by atoms with Crippen LogP contribution in [0.5, 0.6) is 0 Å². The molecule has 4 unspecified atom stereocenters. The number of ether oxygens (including phenoxy) is 4. The van der Waals surface area contributed by atoms with Gasteiger partial charge in [-0.25, -0.2) is 0 Å². The predicted octanol–water partition coefficient (Wildman–Crippen LogP) is 11.1. The molecule has 2 rings (SSSR count). The molecule has 65 heavy (non-hydrogen) atoms. The normalized spacial score (nSPS) is 12.7. The molecule has 0 saturated heterocycles. The van der Waals surface area contributed by atoms with Gasteiger partial charge in [-0.05, 0) is 101 Å². The molecule has 10 nitrogen and oxygen atoms in total.